The third-order valence-electron chi connectivity index (χ3n) is 21.7. The largest absolute Gasteiger partial charge is 0.493 e. The minimum atomic E-state index is -1.45. The van der Waals surface area contributed by atoms with Crippen LogP contribution >= 0.6 is 0 Å². The number of aliphatic hydroxyl groups is 1. The van der Waals surface area contributed by atoms with Gasteiger partial charge in [0.1, 0.15) is 23.8 Å². The van der Waals surface area contributed by atoms with Crippen LogP contribution in [0, 0.1) is 22.7 Å². The molecule has 0 unspecified atom stereocenters. The number of ketones is 3. The first-order valence-electron chi connectivity index (χ1n) is 36.4. The first-order valence-corrected chi connectivity index (χ1v) is 36.4. The quantitative estimate of drug-likeness (QED) is 0.0368. The Morgan fingerprint density at radius 2 is 1.29 bits per heavy atom. The van der Waals surface area contributed by atoms with E-state index < -0.39 is 47.9 Å². The Morgan fingerprint density at radius 1 is 0.663 bits per heavy atom. The third-order valence-corrected chi connectivity index (χ3v) is 21.7. The summed E-state index contributed by atoms with van der Waals surface area (Å²) in [6.45, 7) is 9.22. The Kier molecular flexibility index (Phi) is 21.2. The van der Waals surface area contributed by atoms with Gasteiger partial charge in [0.05, 0.1) is 87.7 Å². The van der Waals surface area contributed by atoms with Gasteiger partial charge in [-0.2, -0.15) is 15.0 Å². The van der Waals surface area contributed by atoms with E-state index in [0.29, 0.717) is 78.5 Å². The molecule has 13 rings (SSSR count). The van der Waals surface area contributed by atoms with Crippen molar-refractivity contribution in [2.24, 2.45) is 22.7 Å². The molecule has 3 N–H and O–H groups in total. The highest BCUT2D eigenvalue weighted by molar-refractivity contribution is 6.07. The van der Waals surface area contributed by atoms with Crippen molar-refractivity contribution < 1.29 is 71.9 Å². The number of amides is 6. The second-order valence-corrected chi connectivity index (χ2v) is 29.3. The molecule has 0 radical (unpaired) electrons. The molecule has 2 spiro atoms. The van der Waals surface area contributed by atoms with Gasteiger partial charge < -0.3 is 54.1 Å². The van der Waals surface area contributed by atoms with Crippen LogP contribution < -0.4 is 39.4 Å². The Labute approximate surface area is 604 Å². The highest BCUT2D eigenvalue weighted by atomic mass is 16.6. The van der Waals surface area contributed by atoms with Crippen molar-refractivity contribution in [2.75, 3.05) is 56.9 Å². The number of para-hydroxylation sites is 1. The molecule has 6 amide bonds. The molecule has 6 heterocycles. The Bertz CT molecular complexity index is 4360. The molecule has 1 aromatic heterocycles. The number of rotatable bonds is 29. The van der Waals surface area contributed by atoms with Crippen LogP contribution in [0.5, 0.6) is 23.0 Å². The van der Waals surface area contributed by atoms with Gasteiger partial charge in [0, 0.05) is 74.7 Å². The maximum Gasteiger partial charge on any atom is 0.416 e. The molecule has 0 bridgehead atoms. The summed E-state index contributed by atoms with van der Waals surface area (Å²) in [6, 6.07) is 27.3. The predicted molar refractivity (Wildman–Crippen MR) is 386 cm³/mol. The number of carbonyl (C=O) groups excluding carboxylic acids is 9. The first-order chi connectivity index (χ1) is 50.1. The zero-order valence-electron chi connectivity index (χ0n) is 59.9. The van der Waals surface area contributed by atoms with Crippen molar-refractivity contribution in [1.82, 2.24) is 35.4 Å². The number of Topliss-reactive ketones (excluding diaryl/α,β-unsaturated/α-hetero) is 3. The van der Waals surface area contributed by atoms with Gasteiger partial charge in [-0.25, -0.2) is 9.69 Å². The summed E-state index contributed by atoms with van der Waals surface area (Å²) < 4.78 is 29.9. The van der Waals surface area contributed by atoms with E-state index in [-0.39, 0.29) is 140 Å². The van der Waals surface area contributed by atoms with Crippen molar-refractivity contribution in [3.8, 4) is 45.5 Å². The van der Waals surface area contributed by atoms with E-state index in [9.17, 15) is 48.3 Å². The monoisotopic (exact) mass is 1420 g/mol. The number of aryl methyl sites for hydroxylation is 1. The number of unbranched alkanes of at least 4 members (excludes halogenated alkanes) is 2. The van der Waals surface area contributed by atoms with Gasteiger partial charge in [0.25, 0.3) is 11.8 Å². The fourth-order valence-corrected chi connectivity index (χ4v) is 15.2. The Balaban J connectivity index is 0.556. The molecule has 2 saturated carbocycles. The van der Waals surface area contributed by atoms with Crippen LogP contribution in [0.4, 0.5) is 16.2 Å². The maximum atomic E-state index is 14.5. The van der Waals surface area contributed by atoms with Crippen LogP contribution in [0.25, 0.3) is 28.6 Å². The zero-order chi connectivity index (χ0) is 73.1. The molecule has 7 aliphatic rings. The van der Waals surface area contributed by atoms with Gasteiger partial charge in [-0.1, -0.05) is 92.7 Å². The summed E-state index contributed by atoms with van der Waals surface area (Å²) in [5.74, 6) is -2.11. The summed E-state index contributed by atoms with van der Waals surface area (Å²) in [6.07, 6.45) is 8.78. The number of aliphatic hydroxyl groups excluding tert-OH is 1. The number of methoxy groups -OCH3 is 2. The molecular weight excluding hydrogens is 1330 g/mol. The van der Waals surface area contributed by atoms with Crippen LogP contribution in [0.3, 0.4) is 0 Å². The van der Waals surface area contributed by atoms with E-state index in [1.165, 1.54) is 20.0 Å². The molecule has 5 atom stereocenters. The summed E-state index contributed by atoms with van der Waals surface area (Å²) in [4.78, 5) is 131. The predicted octanol–water partition coefficient (Wildman–Crippen LogP) is 10.4. The zero-order valence-corrected chi connectivity index (χ0v) is 59.9. The fraction of sp³-hybridized carbons (Fsp3) is 0.463. The lowest BCUT2D eigenvalue weighted by Crippen LogP contribution is -2.50. The smallest absolute Gasteiger partial charge is 0.416 e. The molecule has 2 saturated heterocycles. The van der Waals surface area contributed by atoms with E-state index in [0.717, 1.165) is 65.1 Å². The number of hydrogen-bond donors (Lipinski definition) is 3. The number of nitrogens with zero attached hydrogens (tertiary/aromatic N) is 7. The molecular formula is C80H91N9O15. The fourth-order valence-electron chi connectivity index (χ4n) is 15.2. The molecule has 104 heavy (non-hydrogen) atoms. The van der Waals surface area contributed by atoms with Crippen molar-refractivity contribution in [3.05, 3.63) is 137 Å². The average Bonchev–Trinajstić information content (AvgIpc) is 1.57. The van der Waals surface area contributed by atoms with Gasteiger partial charge in [0.2, 0.25) is 17.7 Å². The van der Waals surface area contributed by atoms with Crippen molar-refractivity contribution in [3.63, 3.8) is 0 Å². The lowest BCUT2D eigenvalue weighted by Gasteiger charge is -2.31. The topological polar surface area (TPSA) is 288 Å². The van der Waals surface area contributed by atoms with Gasteiger partial charge in [-0.15, -0.1) is 0 Å². The summed E-state index contributed by atoms with van der Waals surface area (Å²) in [5.41, 5.74) is 7.59. The van der Waals surface area contributed by atoms with Gasteiger partial charge in [0.15, 0.2) is 40.8 Å². The standard InChI is InChI=1S/C80H91N9O15/c1-7-88-83-72-57-16-10-9-15-53(57)44-85(62-18-12-11-17-58(62)73(72)84-88)71(94)28-26-55(90)25-27-70(93)81-43-56(91)37-59(48(2)3)74(95)82-49(4)65(92)35-50-19-21-51(22-20-50)45-104-78(99)89-63-40-69(67(101-6)39-61(63)76(97)87-47-80(31-32-80)42-64(87)77(89)98)103-34-14-8-13-33-102-68-36-52-23-24-54-41-79(29-30-79)46-86(54)75(96)60(52)38-66(68)100-5/h9-12,15-24,36,38-40,48-49,54,59,64,77,98H,7-8,13-14,25-35,37,41-47H2,1-6H3,(H,81,93)(H,82,95)/t49-,54+,59-,64-,77-/m0/s1. The minimum absolute atomic E-state index is 0.0219. The summed E-state index contributed by atoms with van der Waals surface area (Å²) >= 11 is 0. The van der Waals surface area contributed by atoms with Crippen LogP contribution in [-0.2, 0) is 59.6 Å². The molecule has 546 valence electrons. The molecule has 24 nitrogen and oxygen atoms in total. The normalized spacial score (nSPS) is 18.8. The lowest BCUT2D eigenvalue weighted by atomic mass is 9.89. The van der Waals surface area contributed by atoms with Gasteiger partial charge in [-0.3, -0.25) is 38.4 Å². The maximum absolute atomic E-state index is 14.5. The van der Waals surface area contributed by atoms with Crippen LogP contribution in [0.15, 0.2) is 103 Å². The Morgan fingerprint density at radius 3 is 1.98 bits per heavy atom. The minimum Gasteiger partial charge on any atom is -0.493 e. The number of carbonyl (C=O) groups is 9. The highest BCUT2D eigenvalue weighted by Gasteiger charge is 2.58. The van der Waals surface area contributed by atoms with Gasteiger partial charge in [-0.05, 0) is 135 Å². The van der Waals surface area contributed by atoms with E-state index in [4.69, 9.17) is 33.9 Å². The number of hydrogen-bond acceptors (Lipinski definition) is 17. The number of fused-ring (bicyclic) bond motifs is 9. The van der Waals surface area contributed by atoms with E-state index >= 15 is 0 Å². The molecule has 5 aromatic carbocycles. The summed E-state index contributed by atoms with van der Waals surface area (Å²) in [5, 5.41) is 27.0. The second-order valence-electron chi connectivity index (χ2n) is 29.3. The van der Waals surface area contributed by atoms with Gasteiger partial charge >= 0.3 is 6.09 Å². The lowest BCUT2D eigenvalue weighted by molar-refractivity contribution is -0.133. The molecule has 5 aliphatic heterocycles. The molecule has 2 aliphatic carbocycles. The van der Waals surface area contributed by atoms with Crippen LogP contribution in [0.2, 0.25) is 0 Å². The highest BCUT2D eigenvalue weighted by Crippen LogP contribution is 2.58. The van der Waals surface area contributed by atoms with Crippen molar-refractivity contribution in [2.45, 2.75) is 168 Å². The van der Waals surface area contributed by atoms with E-state index in [1.54, 1.807) is 84.9 Å². The van der Waals surface area contributed by atoms with E-state index in [2.05, 4.69) is 16.7 Å². The number of ether oxygens (including phenoxy) is 5. The Hall–Kier alpha value is -10.2. The number of anilines is 2. The third kappa shape index (κ3) is 15.5. The number of aromatic nitrogens is 3. The molecule has 4 fully saturated rings. The average molecular weight is 1420 g/mol. The molecule has 24 heteroatoms. The second kappa shape index (κ2) is 30.6. The van der Waals surface area contributed by atoms with Crippen molar-refractivity contribution in [1.29, 1.82) is 0 Å². The molecule has 6 aromatic rings. The van der Waals surface area contributed by atoms with Crippen LogP contribution in [0.1, 0.15) is 161 Å². The summed E-state index contributed by atoms with van der Waals surface area (Å²) in [7, 11) is 3.04. The van der Waals surface area contributed by atoms with E-state index in [1.807, 2.05) is 72.5 Å². The van der Waals surface area contributed by atoms with Crippen molar-refractivity contribution >= 4 is 70.4 Å². The SMILES string of the molecule is CCn1nc2c(n1)-c1ccccc1N(C(=O)CCC(=O)CCC(=O)NCC(=O)C[C@H](C(=O)N[C@@H](C)C(=O)Cc1ccc(COC(=O)N3c4cc(OCCCCCOc5cc6c(cc5OC)C(=O)N5CC7(CC7)C[C@H]5C=C6)c(OC)cc4C(=O)N4CC5(CC5)C[C@H]4[C@@H]3O)cc1)C(C)C)Cc1ccccc1-2. The number of nitrogens with one attached hydrogen (secondary N) is 2. The first kappa shape index (κ1) is 72.1. The van der Waals surface area contributed by atoms with Crippen LogP contribution in [-0.4, -0.2) is 154 Å². The number of benzene rings is 5.